The molecule has 3 rings (SSSR count). The maximum atomic E-state index is 12.4. The van der Waals surface area contributed by atoms with Gasteiger partial charge in [-0.25, -0.2) is 32.2 Å². The Morgan fingerprint density at radius 2 is 2.20 bits per heavy atom. The molecule has 8 nitrogen and oxygen atoms in total. The van der Waals surface area contributed by atoms with E-state index < -0.39 is 22.0 Å². The van der Waals surface area contributed by atoms with Gasteiger partial charge < -0.3 is 9.88 Å². The van der Waals surface area contributed by atoms with E-state index in [0.29, 0.717) is 23.8 Å². The third kappa shape index (κ3) is 6.23. The first kappa shape index (κ1) is 22.2. The molecule has 2 N–H and O–H groups in total. The molecule has 11 heteroatoms. The van der Waals surface area contributed by atoms with Crippen molar-refractivity contribution in [3.63, 3.8) is 0 Å². The van der Waals surface area contributed by atoms with Crippen LogP contribution in [-0.2, 0) is 9.84 Å². The topological polar surface area (TPSA) is 116 Å². The number of H-pyrrole nitrogens is 1. The highest BCUT2D eigenvalue weighted by molar-refractivity contribution is 7.90. The average molecular weight is 439 g/mol. The van der Waals surface area contributed by atoms with Crippen LogP contribution in [0.2, 0.25) is 0 Å². The molecule has 0 saturated carbocycles. The Morgan fingerprint density at radius 3 is 2.93 bits per heavy atom. The molecule has 2 aromatic heterocycles. The molecule has 1 saturated heterocycles. The molecule has 3 heterocycles. The Labute approximate surface area is 173 Å². The molecule has 1 aliphatic heterocycles. The lowest BCUT2D eigenvalue weighted by molar-refractivity contribution is 0.217. The normalized spacial score (nSPS) is 18.3. The number of likely N-dealkylation sites (tertiary alicyclic amines) is 1. The summed E-state index contributed by atoms with van der Waals surface area (Å²) in [5.41, 5.74) is 1.33. The van der Waals surface area contributed by atoms with E-state index in [1.165, 1.54) is 18.7 Å². The van der Waals surface area contributed by atoms with Crippen molar-refractivity contribution < 1.29 is 17.2 Å². The van der Waals surface area contributed by atoms with Crippen LogP contribution in [-0.4, -0.2) is 77.0 Å². The summed E-state index contributed by atoms with van der Waals surface area (Å²) in [4.78, 5) is 17.9. The summed E-state index contributed by atoms with van der Waals surface area (Å²) in [5.74, 6) is 0.663. The lowest BCUT2D eigenvalue weighted by Gasteiger charge is -2.32. The van der Waals surface area contributed by atoms with Gasteiger partial charge in [-0.2, -0.15) is 0 Å². The number of aromatic nitrogens is 4. The molecule has 0 amide bonds. The Morgan fingerprint density at radius 1 is 1.40 bits per heavy atom. The second-order valence-corrected chi connectivity index (χ2v) is 9.63. The van der Waals surface area contributed by atoms with Gasteiger partial charge in [0.1, 0.15) is 22.0 Å². The monoisotopic (exact) mass is 438 g/mol. The third-order valence-corrected chi connectivity index (χ3v) is 5.84. The van der Waals surface area contributed by atoms with Crippen molar-refractivity contribution >= 4 is 21.6 Å². The minimum atomic E-state index is -3.00. The van der Waals surface area contributed by atoms with Gasteiger partial charge in [0.15, 0.2) is 0 Å². The average Bonchev–Trinajstić information content (AvgIpc) is 3.19. The van der Waals surface area contributed by atoms with Crippen molar-refractivity contribution in [2.24, 2.45) is 0 Å². The molecular formula is C19H24F2N6O2S. The van der Waals surface area contributed by atoms with Crippen molar-refractivity contribution in [1.29, 1.82) is 5.41 Å². The number of hydrogen-bond acceptors (Lipinski definition) is 7. The maximum absolute atomic E-state index is 12.4. The first-order valence-corrected chi connectivity index (χ1v) is 11.6. The number of rotatable bonds is 8. The van der Waals surface area contributed by atoms with E-state index in [1.54, 1.807) is 6.20 Å². The molecule has 30 heavy (non-hydrogen) atoms. The zero-order valence-electron chi connectivity index (χ0n) is 16.6. The smallest absolute Gasteiger partial charge is 0.279 e. The van der Waals surface area contributed by atoms with Crippen molar-refractivity contribution in [2.75, 3.05) is 31.6 Å². The highest BCUT2D eigenvalue weighted by Crippen LogP contribution is 2.27. The molecule has 162 valence electrons. The quantitative estimate of drug-likeness (QED) is 0.612. The van der Waals surface area contributed by atoms with Gasteiger partial charge in [0.25, 0.3) is 6.43 Å². The molecule has 0 aromatic carbocycles. The molecule has 1 unspecified atom stereocenters. The Kier molecular flexibility index (Phi) is 7.03. The molecule has 0 aliphatic carbocycles. The van der Waals surface area contributed by atoms with Crippen molar-refractivity contribution in [1.82, 2.24) is 24.8 Å². The van der Waals surface area contributed by atoms with Crippen molar-refractivity contribution in [3.8, 4) is 11.4 Å². The summed E-state index contributed by atoms with van der Waals surface area (Å²) in [6.45, 7) is 2.11. The summed E-state index contributed by atoms with van der Waals surface area (Å²) in [7, 11) is -3.00. The molecule has 0 bridgehead atoms. The van der Waals surface area contributed by atoms with Crippen LogP contribution in [0.4, 0.5) is 8.78 Å². The number of nitrogens with zero attached hydrogens (tertiary/aromatic N) is 4. The van der Waals surface area contributed by atoms with Gasteiger partial charge in [-0.3, -0.25) is 5.41 Å². The standard InChI is InChI=1S/C19H24F2N6O2S/c1-30(28,29)8-7-27-6-2-3-13(11-27)15-9-16(25-12-24-15)17-10-23-18(26-17)5-4-14(22)19(20)21/h4-5,9-10,12-13,19,22H,2-3,6-8,11H2,1H3,(H,23,26)/b5-4-,22-14?. The zero-order valence-corrected chi connectivity index (χ0v) is 17.4. The SMILES string of the molecule is CS(=O)(=O)CCN1CCCC(c2cc(-c3cnc(/C=C\C(=N)C(F)F)[nH]3)ncn2)C1. The predicted molar refractivity (Wildman–Crippen MR) is 111 cm³/mol. The number of hydrogen-bond donors (Lipinski definition) is 2. The van der Waals surface area contributed by atoms with Gasteiger partial charge in [-0.15, -0.1) is 0 Å². The summed E-state index contributed by atoms with van der Waals surface area (Å²) >= 11 is 0. The summed E-state index contributed by atoms with van der Waals surface area (Å²) in [6.07, 6.45) is 5.69. The first-order chi connectivity index (χ1) is 14.2. The van der Waals surface area contributed by atoms with Gasteiger partial charge in [0.2, 0.25) is 0 Å². The van der Waals surface area contributed by atoms with E-state index >= 15 is 0 Å². The van der Waals surface area contributed by atoms with E-state index in [4.69, 9.17) is 5.41 Å². The lowest BCUT2D eigenvalue weighted by atomic mass is 9.94. The molecule has 1 atom stereocenters. The first-order valence-electron chi connectivity index (χ1n) is 9.53. The van der Waals surface area contributed by atoms with Crippen LogP contribution < -0.4 is 0 Å². The molecular weight excluding hydrogens is 414 g/mol. The van der Waals surface area contributed by atoms with E-state index in [-0.39, 0.29) is 11.7 Å². The van der Waals surface area contributed by atoms with Crippen LogP contribution >= 0.6 is 0 Å². The van der Waals surface area contributed by atoms with Crippen LogP contribution in [0.25, 0.3) is 17.5 Å². The third-order valence-electron chi connectivity index (χ3n) is 4.92. The van der Waals surface area contributed by atoms with Gasteiger partial charge in [-0.1, -0.05) is 0 Å². The summed E-state index contributed by atoms with van der Waals surface area (Å²) in [5, 5.41) is 7.15. The Balaban J connectivity index is 1.70. The second-order valence-electron chi connectivity index (χ2n) is 7.37. The summed E-state index contributed by atoms with van der Waals surface area (Å²) < 4.78 is 47.7. The lowest BCUT2D eigenvalue weighted by Crippen LogP contribution is -2.37. The predicted octanol–water partition coefficient (Wildman–Crippen LogP) is 2.39. The fourth-order valence-electron chi connectivity index (χ4n) is 3.33. The number of nitrogens with one attached hydrogen (secondary N) is 2. The fourth-order valence-corrected chi connectivity index (χ4v) is 3.92. The van der Waals surface area contributed by atoms with Crippen LogP contribution in [0.3, 0.4) is 0 Å². The van der Waals surface area contributed by atoms with Crippen LogP contribution in [0.15, 0.2) is 24.7 Å². The van der Waals surface area contributed by atoms with Crippen LogP contribution in [0.1, 0.15) is 30.3 Å². The van der Waals surface area contributed by atoms with Crippen LogP contribution in [0, 0.1) is 5.41 Å². The number of alkyl halides is 2. The number of piperidine rings is 1. The number of halogens is 2. The Hall–Kier alpha value is -2.53. The van der Waals surface area contributed by atoms with Crippen molar-refractivity contribution in [3.05, 3.63) is 36.2 Å². The van der Waals surface area contributed by atoms with Gasteiger partial charge >= 0.3 is 0 Å². The van der Waals surface area contributed by atoms with E-state index in [0.717, 1.165) is 37.7 Å². The molecule has 2 aromatic rings. The minimum Gasteiger partial charge on any atom is -0.337 e. The van der Waals surface area contributed by atoms with Gasteiger partial charge in [-0.05, 0) is 37.6 Å². The largest absolute Gasteiger partial charge is 0.337 e. The highest BCUT2D eigenvalue weighted by atomic mass is 32.2. The van der Waals surface area contributed by atoms with E-state index in [9.17, 15) is 17.2 Å². The zero-order chi connectivity index (χ0) is 21.7. The minimum absolute atomic E-state index is 0.141. The number of aromatic amines is 1. The summed E-state index contributed by atoms with van der Waals surface area (Å²) in [6, 6.07) is 1.87. The fraction of sp³-hybridized carbons (Fsp3) is 0.474. The highest BCUT2D eigenvalue weighted by Gasteiger charge is 2.23. The Bertz CT molecular complexity index is 1020. The molecule has 1 fully saturated rings. The van der Waals surface area contributed by atoms with Crippen molar-refractivity contribution in [2.45, 2.75) is 25.2 Å². The van der Waals surface area contributed by atoms with Gasteiger partial charge in [0, 0.05) is 31.0 Å². The number of imidazole rings is 1. The molecule has 0 radical (unpaired) electrons. The molecule has 1 aliphatic rings. The van der Waals surface area contributed by atoms with E-state index in [2.05, 4.69) is 24.8 Å². The van der Waals surface area contributed by atoms with E-state index in [1.807, 2.05) is 6.07 Å². The van der Waals surface area contributed by atoms with Crippen LogP contribution in [0.5, 0.6) is 0 Å². The second kappa shape index (κ2) is 9.52. The maximum Gasteiger partial charge on any atom is 0.279 e. The number of sulfone groups is 1. The van der Waals surface area contributed by atoms with Gasteiger partial charge in [0.05, 0.1) is 29.0 Å². The number of allylic oxidation sites excluding steroid dienone is 1. The molecule has 0 spiro atoms.